The number of carbonyl (C=O) groups is 3. The standard InChI is InChI=1S/C19H25NO6/c1-6-24-18(22)13-7-8-25-16(13)9-14(11(2)3)17(21)20-15(12(4)5)10-26-19(20)23/h7-8,12,14-15H,2,6,9-10H2,1,3-5H3/t14-,15+/m0/s1. The second-order valence-corrected chi connectivity index (χ2v) is 6.68. The Kier molecular flexibility index (Phi) is 6.23. The van der Waals surface area contributed by atoms with E-state index >= 15 is 0 Å². The van der Waals surface area contributed by atoms with Crippen molar-refractivity contribution < 1.29 is 28.3 Å². The Balaban J connectivity index is 2.26. The van der Waals surface area contributed by atoms with Gasteiger partial charge in [-0.3, -0.25) is 4.79 Å². The van der Waals surface area contributed by atoms with Gasteiger partial charge in [0.25, 0.3) is 0 Å². The fraction of sp³-hybridized carbons (Fsp3) is 0.526. The molecule has 0 aliphatic carbocycles. The zero-order chi connectivity index (χ0) is 19.4. The third kappa shape index (κ3) is 3.98. The number of amides is 2. The summed E-state index contributed by atoms with van der Waals surface area (Å²) in [4.78, 5) is 38.3. The average molecular weight is 363 g/mol. The first-order valence-electron chi connectivity index (χ1n) is 8.66. The molecule has 26 heavy (non-hydrogen) atoms. The summed E-state index contributed by atoms with van der Waals surface area (Å²) >= 11 is 0. The lowest BCUT2D eigenvalue weighted by Crippen LogP contribution is -2.45. The molecule has 0 saturated carbocycles. The predicted molar refractivity (Wildman–Crippen MR) is 93.5 cm³/mol. The fourth-order valence-electron chi connectivity index (χ4n) is 2.90. The van der Waals surface area contributed by atoms with Crippen LogP contribution < -0.4 is 0 Å². The predicted octanol–water partition coefficient (Wildman–Crippen LogP) is 3.19. The van der Waals surface area contributed by atoms with E-state index in [1.54, 1.807) is 13.8 Å². The van der Waals surface area contributed by atoms with E-state index in [9.17, 15) is 14.4 Å². The SMILES string of the molecule is C=C(C)[C@H](Cc1occc1C(=O)OCC)C(=O)N1C(=O)OC[C@@H]1C(C)C. The van der Waals surface area contributed by atoms with Crippen LogP contribution >= 0.6 is 0 Å². The van der Waals surface area contributed by atoms with E-state index < -0.39 is 23.9 Å². The summed E-state index contributed by atoms with van der Waals surface area (Å²) in [5, 5.41) is 0. The highest BCUT2D eigenvalue weighted by Gasteiger charge is 2.42. The number of esters is 1. The summed E-state index contributed by atoms with van der Waals surface area (Å²) in [6.45, 7) is 11.6. The molecule has 1 aromatic heterocycles. The summed E-state index contributed by atoms with van der Waals surface area (Å²) in [5.41, 5.74) is 0.846. The summed E-state index contributed by atoms with van der Waals surface area (Å²) < 4.78 is 15.5. The smallest absolute Gasteiger partial charge is 0.417 e. The Labute approximate surface area is 152 Å². The van der Waals surface area contributed by atoms with Crippen molar-refractivity contribution in [2.45, 2.75) is 40.2 Å². The summed E-state index contributed by atoms with van der Waals surface area (Å²) in [5.74, 6) is -1.22. The van der Waals surface area contributed by atoms with Gasteiger partial charge < -0.3 is 13.9 Å². The van der Waals surface area contributed by atoms with Crippen LogP contribution in [0.2, 0.25) is 0 Å². The summed E-state index contributed by atoms with van der Waals surface area (Å²) in [7, 11) is 0. The molecule has 0 aromatic carbocycles. The number of imide groups is 1. The molecule has 2 amide bonds. The van der Waals surface area contributed by atoms with Crippen molar-refractivity contribution in [2.24, 2.45) is 11.8 Å². The molecule has 7 heteroatoms. The van der Waals surface area contributed by atoms with Gasteiger partial charge in [0.15, 0.2) is 0 Å². The van der Waals surface area contributed by atoms with Crippen molar-refractivity contribution in [1.29, 1.82) is 0 Å². The van der Waals surface area contributed by atoms with Crippen LogP contribution in [0.5, 0.6) is 0 Å². The molecule has 2 rings (SSSR count). The van der Waals surface area contributed by atoms with Gasteiger partial charge in [-0.05, 0) is 25.8 Å². The average Bonchev–Trinajstić information content (AvgIpc) is 3.18. The van der Waals surface area contributed by atoms with Crippen LogP contribution in [-0.2, 0) is 20.7 Å². The maximum atomic E-state index is 13.1. The highest BCUT2D eigenvalue weighted by molar-refractivity contribution is 5.96. The van der Waals surface area contributed by atoms with Crippen LogP contribution in [0.15, 0.2) is 28.9 Å². The molecule has 142 valence electrons. The first-order chi connectivity index (χ1) is 12.3. The first kappa shape index (κ1) is 19.8. The molecular weight excluding hydrogens is 338 g/mol. The highest BCUT2D eigenvalue weighted by atomic mass is 16.6. The third-order valence-corrected chi connectivity index (χ3v) is 4.44. The first-order valence-corrected chi connectivity index (χ1v) is 8.66. The van der Waals surface area contributed by atoms with Crippen LogP contribution in [-0.4, -0.2) is 42.1 Å². The number of hydrogen-bond donors (Lipinski definition) is 0. The second kappa shape index (κ2) is 8.21. The van der Waals surface area contributed by atoms with Crippen molar-refractivity contribution in [1.82, 2.24) is 4.90 Å². The Morgan fingerprint density at radius 2 is 2.12 bits per heavy atom. The van der Waals surface area contributed by atoms with Crippen LogP contribution in [0.25, 0.3) is 0 Å². The Morgan fingerprint density at radius 1 is 1.42 bits per heavy atom. The van der Waals surface area contributed by atoms with E-state index in [1.807, 2.05) is 13.8 Å². The van der Waals surface area contributed by atoms with Crippen LogP contribution in [0.3, 0.4) is 0 Å². The maximum absolute atomic E-state index is 13.1. The second-order valence-electron chi connectivity index (χ2n) is 6.68. The van der Waals surface area contributed by atoms with E-state index in [4.69, 9.17) is 13.9 Å². The van der Waals surface area contributed by atoms with E-state index in [0.717, 1.165) is 4.90 Å². The Morgan fingerprint density at radius 3 is 2.69 bits per heavy atom. The molecule has 2 atom stereocenters. The molecule has 1 aliphatic rings. The number of ether oxygens (including phenoxy) is 2. The monoisotopic (exact) mass is 363 g/mol. The molecule has 2 heterocycles. The van der Waals surface area contributed by atoms with Crippen molar-refractivity contribution in [3.05, 3.63) is 35.8 Å². The van der Waals surface area contributed by atoms with Gasteiger partial charge in [0.05, 0.1) is 24.8 Å². The summed E-state index contributed by atoms with van der Waals surface area (Å²) in [6.07, 6.45) is 0.844. The minimum atomic E-state index is -0.707. The number of nitrogens with zero attached hydrogens (tertiary/aromatic N) is 1. The molecule has 0 N–H and O–H groups in total. The number of carbonyl (C=O) groups excluding carboxylic acids is 3. The van der Waals surface area contributed by atoms with Crippen molar-refractivity contribution in [2.75, 3.05) is 13.2 Å². The third-order valence-electron chi connectivity index (χ3n) is 4.44. The van der Waals surface area contributed by atoms with E-state index in [2.05, 4.69) is 6.58 Å². The van der Waals surface area contributed by atoms with Crippen LogP contribution in [0.1, 0.15) is 43.8 Å². The lowest BCUT2D eigenvalue weighted by atomic mass is 9.92. The van der Waals surface area contributed by atoms with Crippen LogP contribution in [0.4, 0.5) is 4.79 Å². The minimum Gasteiger partial charge on any atom is -0.468 e. The molecule has 7 nitrogen and oxygen atoms in total. The van der Waals surface area contributed by atoms with Crippen LogP contribution in [0, 0.1) is 11.8 Å². The maximum Gasteiger partial charge on any atom is 0.417 e. The molecule has 1 aromatic rings. The number of hydrogen-bond acceptors (Lipinski definition) is 6. The number of cyclic esters (lactones) is 1. The molecule has 0 radical (unpaired) electrons. The zero-order valence-corrected chi connectivity index (χ0v) is 15.6. The van der Waals surface area contributed by atoms with Gasteiger partial charge in [-0.1, -0.05) is 26.0 Å². The van der Waals surface area contributed by atoms with E-state index in [1.165, 1.54) is 12.3 Å². The molecule has 0 bridgehead atoms. The van der Waals surface area contributed by atoms with Gasteiger partial charge in [-0.2, -0.15) is 0 Å². The normalized spacial score (nSPS) is 18.0. The zero-order valence-electron chi connectivity index (χ0n) is 15.6. The lowest BCUT2D eigenvalue weighted by Gasteiger charge is -2.26. The minimum absolute atomic E-state index is 0.0647. The van der Waals surface area contributed by atoms with E-state index in [0.29, 0.717) is 11.3 Å². The van der Waals surface area contributed by atoms with Crippen molar-refractivity contribution in [3.8, 4) is 0 Å². The van der Waals surface area contributed by atoms with Gasteiger partial charge in [-0.25, -0.2) is 14.5 Å². The van der Waals surface area contributed by atoms with E-state index in [-0.39, 0.29) is 37.2 Å². The Bertz CT molecular complexity index is 705. The van der Waals surface area contributed by atoms with Gasteiger partial charge in [-0.15, -0.1) is 0 Å². The van der Waals surface area contributed by atoms with Gasteiger partial charge in [0.2, 0.25) is 5.91 Å². The molecular formula is C19H25NO6. The van der Waals surface area contributed by atoms with Gasteiger partial charge in [0, 0.05) is 6.42 Å². The molecule has 0 unspecified atom stereocenters. The molecule has 1 saturated heterocycles. The van der Waals surface area contributed by atoms with Gasteiger partial charge in [0.1, 0.15) is 17.9 Å². The van der Waals surface area contributed by atoms with Gasteiger partial charge >= 0.3 is 12.1 Å². The highest BCUT2D eigenvalue weighted by Crippen LogP contribution is 2.27. The number of furan rings is 1. The molecule has 1 fully saturated rings. The number of rotatable bonds is 7. The van der Waals surface area contributed by atoms with Crippen molar-refractivity contribution >= 4 is 18.0 Å². The Hall–Kier alpha value is -2.57. The topological polar surface area (TPSA) is 86.0 Å². The largest absolute Gasteiger partial charge is 0.468 e. The molecule has 0 spiro atoms. The molecule has 1 aliphatic heterocycles. The quantitative estimate of drug-likeness (QED) is 0.546. The summed E-state index contributed by atoms with van der Waals surface area (Å²) in [6, 6.07) is 1.19. The fourth-order valence-corrected chi connectivity index (χ4v) is 2.90. The lowest BCUT2D eigenvalue weighted by molar-refractivity contribution is -0.132. The van der Waals surface area contributed by atoms with Crippen molar-refractivity contribution in [3.63, 3.8) is 0 Å².